The van der Waals surface area contributed by atoms with Crippen molar-refractivity contribution in [2.45, 2.75) is 37.6 Å². The monoisotopic (exact) mass is 301 g/mol. The summed E-state index contributed by atoms with van der Waals surface area (Å²) in [4.78, 5) is 15.5. The van der Waals surface area contributed by atoms with Crippen molar-refractivity contribution in [3.05, 3.63) is 21.9 Å². The van der Waals surface area contributed by atoms with Gasteiger partial charge in [-0.25, -0.2) is 0 Å². The van der Waals surface area contributed by atoms with E-state index in [9.17, 15) is 4.79 Å². The maximum Gasteiger partial charge on any atom is 0.236 e. The second-order valence-electron chi connectivity index (χ2n) is 4.12. The first kappa shape index (κ1) is 12.1. The molecule has 4 heteroatoms. The number of carbonyl (C=O) groups excluding carboxylic acids is 1. The highest BCUT2D eigenvalue weighted by molar-refractivity contribution is 9.10. The number of fused-ring (bicyclic) bond motifs is 1. The van der Waals surface area contributed by atoms with E-state index < -0.39 is 0 Å². The van der Waals surface area contributed by atoms with Crippen molar-refractivity contribution in [1.82, 2.24) is 4.90 Å². The van der Waals surface area contributed by atoms with Crippen LogP contribution in [0.2, 0.25) is 0 Å². The third kappa shape index (κ3) is 2.05. The standard InChI is InChI=1S/C12H16BrNOS/c1-3-10-9-5-7-16-11(9)4-6-14(10)12(15)8(2)13/h5,7-8,10H,3-4,6H2,1-2H3. The van der Waals surface area contributed by atoms with Gasteiger partial charge in [-0.3, -0.25) is 4.79 Å². The van der Waals surface area contributed by atoms with E-state index in [0.29, 0.717) is 0 Å². The fourth-order valence-electron chi connectivity index (χ4n) is 2.33. The van der Waals surface area contributed by atoms with Crippen LogP contribution in [0, 0.1) is 0 Å². The molecule has 0 aliphatic carbocycles. The van der Waals surface area contributed by atoms with Crippen LogP contribution in [-0.4, -0.2) is 22.2 Å². The molecule has 0 N–H and O–H groups in total. The van der Waals surface area contributed by atoms with Crippen molar-refractivity contribution < 1.29 is 4.79 Å². The van der Waals surface area contributed by atoms with Crippen LogP contribution in [0.5, 0.6) is 0 Å². The maximum atomic E-state index is 12.1. The SMILES string of the molecule is CCC1c2ccsc2CCN1C(=O)C(C)Br. The first-order valence-electron chi connectivity index (χ1n) is 5.66. The number of nitrogens with zero attached hydrogens (tertiary/aromatic N) is 1. The molecular formula is C12H16BrNOS. The summed E-state index contributed by atoms with van der Waals surface area (Å²) in [7, 11) is 0. The first-order chi connectivity index (χ1) is 7.65. The lowest BCUT2D eigenvalue weighted by molar-refractivity contribution is -0.133. The van der Waals surface area contributed by atoms with Crippen LogP contribution < -0.4 is 0 Å². The molecule has 0 spiro atoms. The molecule has 2 heterocycles. The molecule has 0 radical (unpaired) electrons. The van der Waals surface area contributed by atoms with E-state index in [1.165, 1.54) is 10.4 Å². The van der Waals surface area contributed by atoms with E-state index in [-0.39, 0.29) is 16.8 Å². The lowest BCUT2D eigenvalue weighted by Crippen LogP contribution is -2.42. The molecule has 0 aromatic carbocycles. The van der Waals surface area contributed by atoms with Gasteiger partial charge in [-0.1, -0.05) is 22.9 Å². The third-order valence-corrected chi connectivity index (χ3v) is 4.49. The summed E-state index contributed by atoms with van der Waals surface area (Å²) in [6.07, 6.45) is 2.00. The lowest BCUT2D eigenvalue weighted by Gasteiger charge is -2.36. The van der Waals surface area contributed by atoms with Crippen molar-refractivity contribution >= 4 is 33.2 Å². The summed E-state index contributed by atoms with van der Waals surface area (Å²) in [5, 5.41) is 2.14. The Bertz CT molecular complexity index is 388. The highest BCUT2D eigenvalue weighted by Gasteiger charge is 2.31. The lowest BCUT2D eigenvalue weighted by atomic mass is 9.97. The Morgan fingerprint density at radius 1 is 1.75 bits per heavy atom. The number of amides is 1. The molecule has 2 rings (SSSR count). The van der Waals surface area contributed by atoms with E-state index in [4.69, 9.17) is 0 Å². The number of alkyl halides is 1. The van der Waals surface area contributed by atoms with Gasteiger partial charge in [0.15, 0.2) is 0 Å². The summed E-state index contributed by atoms with van der Waals surface area (Å²) < 4.78 is 0. The van der Waals surface area contributed by atoms with Gasteiger partial charge in [0.1, 0.15) is 0 Å². The summed E-state index contributed by atoms with van der Waals surface area (Å²) in [6, 6.07) is 2.45. The Hall–Kier alpha value is -0.350. The number of carbonyl (C=O) groups is 1. The number of rotatable bonds is 2. The molecule has 0 saturated carbocycles. The first-order valence-corrected chi connectivity index (χ1v) is 7.45. The molecule has 1 aliphatic rings. The van der Waals surface area contributed by atoms with Gasteiger partial charge in [0.05, 0.1) is 10.9 Å². The Kier molecular flexibility index (Phi) is 3.70. The van der Waals surface area contributed by atoms with Gasteiger partial charge in [-0.05, 0) is 36.8 Å². The normalized spacial score (nSPS) is 21.7. The molecule has 1 amide bonds. The summed E-state index contributed by atoms with van der Waals surface area (Å²) in [6.45, 7) is 4.91. The maximum absolute atomic E-state index is 12.1. The van der Waals surface area contributed by atoms with E-state index in [1.54, 1.807) is 0 Å². The van der Waals surface area contributed by atoms with Crippen molar-refractivity contribution in [2.24, 2.45) is 0 Å². The zero-order valence-electron chi connectivity index (χ0n) is 9.57. The molecule has 16 heavy (non-hydrogen) atoms. The van der Waals surface area contributed by atoms with Gasteiger partial charge in [0, 0.05) is 11.4 Å². The zero-order chi connectivity index (χ0) is 11.7. The van der Waals surface area contributed by atoms with Crippen molar-refractivity contribution in [1.29, 1.82) is 0 Å². The molecule has 1 aliphatic heterocycles. The summed E-state index contributed by atoms with van der Waals surface area (Å²) >= 11 is 5.19. The Morgan fingerprint density at radius 3 is 3.12 bits per heavy atom. The quantitative estimate of drug-likeness (QED) is 0.767. The molecule has 0 bridgehead atoms. The largest absolute Gasteiger partial charge is 0.334 e. The Balaban J connectivity index is 2.27. The topological polar surface area (TPSA) is 20.3 Å². The van der Waals surface area contributed by atoms with Gasteiger partial charge in [0.25, 0.3) is 0 Å². The van der Waals surface area contributed by atoms with Crippen molar-refractivity contribution in [2.75, 3.05) is 6.54 Å². The second kappa shape index (κ2) is 4.88. The van der Waals surface area contributed by atoms with Crippen LogP contribution in [0.25, 0.3) is 0 Å². The molecule has 2 nitrogen and oxygen atoms in total. The Labute approximate surface area is 109 Å². The van der Waals surface area contributed by atoms with Gasteiger partial charge in [-0.2, -0.15) is 0 Å². The predicted octanol–water partition coefficient (Wildman–Crippen LogP) is 3.37. The fraction of sp³-hybridized carbons (Fsp3) is 0.583. The van der Waals surface area contributed by atoms with Crippen LogP contribution in [-0.2, 0) is 11.2 Å². The van der Waals surface area contributed by atoms with E-state index in [0.717, 1.165) is 19.4 Å². The summed E-state index contributed by atoms with van der Waals surface area (Å²) in [5.74, 6) is 0.212. The highest BCUT2D eigenvalue weighted by Crippen LogP contribution is 2.35. The number of hydrogen-bond acceptors (Lipinski definition) is 2. The minimum atomic E-state index is -0.0817. The van der Waals surface area contributed by atoms with Crippen LogP contribution in [0.4, 0.5) is 0 Å². The second-order valence-corrected chi connectivity index (χ2v) is 6.49. The number of halogens is 1. The molecule has 0 saturated heterocycles. The van der Waals surface area contributed by atoms with Crippen LogP contribution in [0.1, 0.15) is 36.8 Å². The molecular weight excluding hydrogens is 286 g/mol. The van der Waals surface area contributed by atoms with Crippen molar-refractivity contribution in [3.63, 3.8) is 0 Å². The van der Waals surface area contributed by atoms with Crippen LogP contribution in [0.15, 0.2) is 11.4 Å². The van der Waals surface area contributed by atoms with E-state index >= 15 is 0 Å². The number of thiophene rings is 1. The molecule has 88 valence electrons. The zero-order valence-corrected chi connectivity index (χ0v) is 12.0. The Morgan fingerprint density at radius 2 is 2.50 bits per heavy atom. The fourth-order valence-corrected chi connectivity index (χ4v) is 3.52. The molecule has 1 aromatic heterocycles. The average Bonchev–Trinajstić information content (AvgIpc) is 2.74. The van der Waals surface area contributed by atoms with E-state index in [2.05, 4.69) is 34.3 Å². The average molecular weight is 302 g/mol. The van der Waals surface area contributed by atoms with Crippen LogP contribution >= 0.6 is 27.3 Å². The molecule has 1 aromatic rings. The highest BCUT2D eigenvalue weighted by atomic mass is 79.9. The third-order valence-electron chi connectivity index (χ3n) is 3.10. The van der Waals surface area contributed by atoms with Gasteiger partial charge >= 0.3 is 0 Å². The molecule has 2 atom stereocenters. The minimum absolute atomic E-state index is 0.0817. The van der Waals surface area contributed by atoms with Crippen LogP contribution in [0.3, 0.4) is 0 Å². The molecule has 0 fully saturated rings. The minimum Gasteiger partial charge on any atom is -0.334 e. The van der Waals surface area contributed by atoms with Gasteiger partial charge < -0.3 is 4.90 Å². The summed E-state index contributed by atoms with van der Waals surface area (Å²) in [5.41, 5.74) is 1.36. The van der Waals surface area contributed by atoms with E-state index in [1.807, 2.05) is 23.2 Å². The smallest absolute Gasteiger partial charge is 0.236 e. The van der Waals surface area contributed by atoms with Crippen molar-refractivity contribution in [3.8, 4) is 0 Å². The van der Waals surface area contributed by atoms with Gasteiger partial charge in [-0.15, -0.1) is 11.3 Å². The number of hydrogen-bond donors (Lipinski definition) is 0. The predicted molar refractivity (Wildman–Crippen MR) is 71.2 cm³/mol. The van der Waals surface area contributed by atoms with Gasteiger partial charge in [0.2, 0.25) is 5.91 Å². The molecule has 2 unspecified atom stereocenters.